The number of piperidine rings is 1. The van der Waals surface area contributed by atoms with Gasteiger partial charge in [-0.15, -0.1) is 0 Å². The van der Waals surface area contributed by atoms with Crippen molar-refractivity contribution in [1.29, 1.82) is 0 Å². The number of sulfonamides is 1. The molecule has 0 bridgehead atoms. The Kier molecular flexibility index (Phi) is 4.60. The average molecular weight is 390 g/mol. The number of benzene rings is 1. The molecule has 0 saturated carbocycles. The lowest BCUT2D eigenvalue weighted by atomic mass is 9.93. The van der Waals surface area contributed by atoms with Crippen molar-refractivity contribution in [3.63, 3.8) is 0 Å². The van der Waals surface area contributed by atoms with Gasteiger partial charge < -0.3 is 10.2 Å². The summed E-state index contributed by atoms with van der Waals surface area (Å²) >= 11 is 0. The Bertz CT molecular complexity index is 963. The van der Waals surface area contributed by atoms with E-state index in [1.807, 2.05) is 7.05 Å². The van der Waals surface area contributed by atoms with Gasteiger partial charge in [0.25, 0.3) is 15.9 Å². The number of nitrogens with one attached hydrogen (secondary N) is 2. The number of fused-ring (bicyclic) bond motifs is 3. The Hall–Kier alpha value is -2.46. The third kappa shape index (κ3) is 3.30. The Morgan fingerprint density at radius 1 is 1.33 bits per heavy atom. The summed E-state index contributed by atoms with van der Waals surface area (Å²) in [5.41, 5.74) is 0.764. The Morgan fingerprint density at radius 3 is 2.85 bits per heavy atom. The van der Waals surface area contributed by atoms with Gasteiger partial charge in [-0.25, -0.2) is 13.1 Å². The first-order chi connectivity index (χ1) is 13.0. The van der Waals surface area contributed by atoms with Gasteiger partial charge in [0, 0.05) is 18.7 Å². The third-order valence-electron chi connectivity index (χ3n) is 5.20. The van der Waals surface area contributed by atoms with Crippen molar-refractivity contribution in [2.45, 2.75) is 24.2 Å². The fraction of sp³-hybridized carbons (Fsp3) is 0.471. The lowest BCUT2D eigenvalue weighted by molar-refractivity contribution is 0.0687. The van der Waals surface area contributed by atoms with Crippen LogP contribution in [0.25, 0.3) is 5.69 Å². The molecule has 3 heterocycles. The minimum atomic E-state index is -3.78. The van der Waals surface area contributed by atoms with Gasteiger partial charge in [0.15, 0.2) is 0 Å². The summed E-state index contributed by atoms with van der Waals surface area (Å²) in [6.07, 6.45) is 4.34. The van der Waals surface area contributed by atoms with Gasteiger partial charge in [-0.05, 0) is 57.0 Å². The van der Waals surface area contributed by atoms with Gasteiger partial charge in [-0.2, -0.15) is 14.8 Å². The quantitative estimate of drug-likeness (QED) is 0.801. The van der Waals surface area contributed by atoms with Crippen LogP contribution < -0.4 is 10.0 Å². The van der Waals surface area contributed by atoms with Crippen molar-refractivity contribution >= 4 is 21.9 Å². The van der Waals surface area contributed by atoms with Crippen LogP contribution in [0.5, 0.6) is 0 Å². The van der Waals surface area contributed by atoms with Gasteiger partial charge in [0.05, 0.1) is 5.69 Å². The first kappa shape index (κ1) is 17.9. The summed E-state index contributed by atoms with van der Waals surface area (Å²) in [4.78, 5) is 18.6. The average Bonchev–Trinajstić information content (AvgIpc) is 3.13. The maximum atomic E-state index is 12.9. The molecule has 27 heavy (non-hydrogen) atoms. The zero-order valence-electron chi connectivity index (χ0n) is 15.1. The van der Waals surface area contributed by atoms with E-state index < -0.39 is 10.0 Å². The third-order valence-corrected chi connectivity index (χ3v) is 6.56. The maximum absolute atomic E-state index is 12.9. The first-order valence-corrected chi connectivity index (χ1v) is 10.5. The van der Waals surface area contributed by atoms with E-state index >= 15 is 0 Å². The van der Waals surface area contributed by atoms with Crippen LogP contribution in [-0.2, 0) is 10.0 Å². The maximum Gasteiger partial charge on any atom is 0.266 e. The Labute approximate surface area is 157 Å². The Balaban J connectivity index is 1.55. The van der Waals surface area contributed by atoms with Crippen LogP contribution in [-0.4, -0.2) is 60.7 Å². The SMILES string of the molecule is CNCCC1CCN(C(=O)c2ccc3c(c2)S(=O)(=O)Nc2ncnn2-3)CC1. The zero-order valence-corrected chi connectivity index (χ0v) is 15.9. The van der Waals surface area contributed by atoms with E-state index in [1.54, 1.807) is 17.0 Å². The number of anilines is 1. The van der Waals surface area contributed by atoms with Gasteiger partial charge in [-0.3, -0.25) is 4.79 Å². The van der Waals surface area contributed by atoms with Crippen LogP contribution >= 0.6 is 0 Å². The topological polar surface area (TPSA) is 109 Å². The normalized spacial score (nSPS) is 18.5. The van der Waals surface area contributed by atoms with E-state index in [2.05, 4.69) is 20.1 Å². The van der Waals surface area contributed by atoms with E-state index in [0.29, 0.717) is 30.3 Å². The molecule has 1 saturated heterocycles. The highest BCUT2D eigenvalue weighted by molar-refractivity contribution is 7.93. The van der Waals surface area contributed by atoms with Crippen molar-refractivity contribution in [3.8, 4) is 5.69 Å². The first-order valence-electron chi connectivity index (χ1n) is 9.01. The number of hydrogen-bond donors (Lipinski definition) is 2. The summed E-state index contributed by atoms with van der Waals surface area (Å²) in [5.74, 6) is 0.634. The van der Waals surface area contributed by atoms with E-state index in [4.69, 9.17) is 0 Å². The number of amides is 1. The van der Waals surface area contributed by atoms with E-state index in [-0.39, 0.29) is 16.8 Å². The van der Waals surface area contributed by atoms with Crippen molar-refractivity contribution in [3.05, 3.63) is 30.1 Å². The molecule has 4 rings (SSSR count). The molecule has 1 aromatic carbocycles. The van der Waals surface area contributed by atoms with Gasteiger partial charge >= 0.3 is 0 Å². The standard InChI is InChI=1S/C17H22N6O3S/c1-18-7-4-12-5-8-22(9-6-12)16(24)13-2-3-14-15(10-13)27(25,26)21-17-19-11-20-23(14)17/h2-3,10-12,18H,4-9H2,1H3,(H,19,20,21). The van der Waals surface area contributed by atoms with Crippen LogP contribution in [0.2, 0.25) is 0 Å². The minimum Gasteiger partial charge on any atom is -0.339 e. The molecule has 2 N–H and O–H groups in total. The number of carbonyl (C=O) groups excluding carboxylic acids is 1. The molecule has 2 aliphatic rings. The molecular weight excluding hydrogens is 368 g/mol. The highest BCUT2D eigenvalue weighted by Crippen LogP contribution is 2.30. The van der Waals surface area contributed by atoms with Gasteiger partial charge in [0.2, 0.25) is 5.95 Å². The monoisotopic (exact) mass is 390 g/mol. The number of rotatable bonds is 4. The second kappa shape index (κ2) is 6.93. The van der Waals surface area contributed by atoms with Crippen LogP contribution in [0.4, 0.5) is 5.95 Å². The molecule has 2 aliphatic heterocycles. The predicted octanol–water partition coefficient (Wildman–Crippen LogP) is 0.843. The zero-order chi connectivity index (χ0) is 19.0. The summed E-state index contributed by atoms with van der Waals surface area (Å²) < 4.78 is 28.8. The molecule has 10 heteroatoms. The largest absolute Gasteiger partial charge is 0.339 e. The number of likely N-dealkylation sites (tertiary alicyclic amines) is 1. The summed E-state index contributed by atoms with van der Waals surface area (Å²) in [5, 5.41) is 7.20. The molecule has 1 fully saturated rings. The van der Waals surface area contributed by atoms with Crippen molar-refractivity contribution in [2.24, 2.45) is 5.92 Å². The molecule has 0 radical (unpaired) electrons. The number of nitrogens with zero attached hydrogens (tertiary/aromatic N) is 4. The summed E-state index contributed by atoms with van der Waals surface area (Å²) in [6, 6.07) is 4.69. The van der Waals surface area contributed by atoms with E-state index in [1.165, 1.54) is 17.1 Å². The lowest BCUT2D eigenvalue weighted by Crippen LogP contribution is -2.39. The molecule has 1 amide bonds. The minimum absolute atomic E-state index is 0.0373. The Morgan fingerprint density at radius 2 is 2.11 bits per heavy atom. The highest BCUT2D eigenvalue weighted by Gasteiger charge is 2.31. The molecule has 0 spiro atoms. The molecule has 9 nitrogen and oxygen atoms in total. The number of aromatic nitrogens is 3. The summed E-state index contributed by atoms with van der Waals surface area (Å²) in [6.45, 7) is 2.38. The molecule has 0 aliphatic carbocycles. The van der Waals surface area contributed by atoms with Crippen molar-refractivity contribution in [1.82, 2.24) is 25.0 Å². The molecule has 2 aromatic rings. The predicted molar refractivity (Wildman–Crippen MR) is 99.3 cm³/mol. The van der Waals surface area contributed by atoms with E-state index in [9.17, 15) is 13.2 Å². The second-order valence-electron chi connectivity index (χ2n) is 6.91. The van der Waals surface area contributed by atoms with Gasteiger partial charge in [0.1, 0.15) is 11.2 Å². The van der Waals surface area contributed by atoms with Gasteiger partial charge in [-0.1, -0.05) is 0 Å². The van der Waals surface area contributed by atoms with Crippen LogP contribution in [0.1, 0.15) is 29.6 Å². The number of hydrogen-bond acceptors (Lipinski definition) is 6. The lowest BCUT2D eigenvalue weighted by Gasteiger charge is -2.32. The number of carbonyl (C=O) groups is 1. The fourth-order valence-electron chi connectivity index (χ4n) is 3.66. The van der Waals surface area contributed by atoms with Crippen LogP contribution in [0.3, 0.4) is 0 Å². The van der Waals surface area contributed by atoms with Crippen LogP contribution in [0, 0.1) is 5.92 Å². The molecule has 144 valence electrons. The van der Waals surface area contributed by atoms with E-state index in [0.717, 1.165) is 25.8 Å². The smallest absolute Gasteiger partial charge is 0.266 e. The van der Waals surface area contributed by atoms with Crippen molar-refractivity contribution < 1.29 is 13.2 Å². The molecular formula is C17H22N6O3S. The molecule has 1 aromatic heterocycles. The fourth-order valence-corrected chi connectivity index (χ4v) is 4.86. The highest BCUT2D eigenvalue weighted by atomic mass is 32.2. The molecule has 0 unspecified atom stereocenters. The second-order valence-corrected chi connectivity index (χ2v) is 8.56. The van der Waals surface area contributed by atoms with Crippen molar-refractivity contribution in [2.75, 3.05) is 31.4 Å². The summed E-state index contributed by atoms with van der Waals surface area (Å²) in [7, 11) is -1.84. The van der Waals surface area contributed by atoms with Crippen LogP contribution in [0.15, 0.2) is 29.4 Å². The molecule has 0 atom stereocenters.